The van der Waals surface area contributed by atoms with Crippen molar-refractivity contribution in [2.75, 3.05) is 6.54 Å². The lowest BCUT2D eigenvalue weighted by Gasteiger charge is -2.42. The van der Waals surface area contributed by atoms with E-state index < -0.39 is 44.1 Å². The average molecular weight is 692 g/mol. The molecule has 1 aliphatic heterocycles. The fourth-order valence-corrected chi connectivity index (χ4v) is 12.4. The van der Waals surface area contributed by atoms with Gasteiger partial charge in [-0.05, 0) is 47.3 Å². The molecule has 1 aromatic heterocycles. The van der Waals surface area contributed by atoms with Crippen LogP contribution in [0.15, 0.2) is 42.6 Å². The molecular weight excluding hydrogens is 648 g/mol. The van der Waals surface area contributed by atoms with Crippen LogP contribution in [0.25, 0.3) is 10.9 Å². The van der Waals surface area contributed by atoms with Crippen molar-refractivity contribution in [3.8, 4) is 0 Å². The van der Waals surface area contributed by atoms with Gasteiger partial charge in [0.05, 0.1) is 23.7 Å². The number of hydrogen-bond donors (Lipinski definition) is 2. The average Bonchev–Trinajstić information content (AvgIpc) is 3.55. The van der Waals surface area contributed by atoms with E-state index in [0.29, 0.717) is 34.3 Å². The fourth-order valence-electron chi connectivity index (χ4n) is 6.77. The van der Waals surface area contributed by atoms with Crippen LogP contribution in [0, 0.1) is 5.82 Å². The molecule has 256 valence electrons. The minimum Gasteiger partial charge on any atom is -0.480 e. The van der Waals surface area contributed by atoms with Crippen molar-refractivity contribution in [3.05, 3.63) is 70.1 Å². The summed E-state index contributed by atoms with van der Waals surface area (Å²) in [6.45, 7) is 14.9. The number of benzene rings is 2. The number of carbonyl (C=O) groups excluding carboxylic acids is 3. The number of primary amides is 1. The number of nitrogens with two attached hydrogens (primary N) is 1. The number of amides is 2. The van der Waals surface area contributed by atoms with Gasteiger partial charge < -0.3 is 24.7 Å². The molecule has 13 heteroatoms. The van der Waals surface area contributed by atoms with E-state index in [1.54, 1.807) is 10.8 Å². The van der Waals surface area contributed by atoms with Gasteiger partial charge in [-0.25, -0.2) is 13.6 Å². The number of alkyl halides is 1. The number of Topliss-reactive ketones (excluding diaryl/α,β-unsaturated/α-hetero) is 1. The number of aliphatic carboxylic acids is 1. The number of likely N-dealkylation sites (tertiary alicyclic amines) is 1. The molecule has 0 radical (unpaired) electrons. The maximum absolute atomic E-state index is 13.9. The summed E-state index contributed by atoms with van der Waals surface area (Å²) in [7, 11) is -2.09. The molecule has 2 heterocycles. The van der Waals surface area contributed by atoms with Crippen LogP contribution in [0.5, 0.6) is 0 Å². The van der Waals surface area contributed by atoms with E-state index in [9.17, 15) is 33.1 Å². The zero-order valence-electron chi connectivity index (χ0n) is 27.9. The van der Waals surface area contributed by atoms with E-state index in [-0.39, 0.29) is 35.9 Å². The molecular formula is C34H44ClF2N3O6Si. The third-order valence-corrected chi connectivity index (χ3v) is 15.3. The summed E-state index contributed by atoms with van der Waals surface area (Å²) in [6, 6.07) is 8.69. The van der Waals surface area contributed by atoms with Crippen molar-refractivity contribution in [1.82, 2.24) is 9.47 Å². The van der Waals surface area contributed by atoms with Crippen LogP contribution < -0.4 is 5.73 Å². The standard InChI is InChI=1S/C27H39FN2O5Si.C7H5ClFNO/c1-16(2)36(17(3)4,18(5)6)35-15-20-8-9-22-23(19(7)31)13-29(24(22)10-20)14-26(32)30-12-21(28)11-25(30)27(33)34;8-5-3-1-2-4(6(5)9)7(10)11/h8-10,13,16-18,21,25H,11-12,14-15H2,1-7H3,(H,33,34);1-3H,(H2,10,11)/t21-,25+;/m1./s1. The molecule has 1 fully saturated rings. The maximum Gasteiger partial charge on any atom is 0.326 e. The van der Waals surface area contributed by atoms with Crippen LogP contribution in [0.4, 0.5) is 8.78 Å². The van der Waals surface area contributed by atoms with Crippen LogP contribution in [0.2, 0.25) is 21.6 Å². The molecule has 3 N–H and O–H groups in total. The second-order valence-corrected chi connectivity index (χ2v) is 18.8. The van der Waals surface area contributed by atoms with Crippen molar-refractivity contribution < 1.29 is 37.5 Å². The zero-order chi connectivity index (χ0) is 35.4. The molecule has 0 spiro atoms. The summed E-state index contributed by atoms with van der Waals surface area (Å²) in [5.41, 5.74) is 8.10. The van der Waals surface area contributed by atoms with E-state index in [0.717, 1.165) is 15.8 Å². The summed E-state index contributed by atoms with van der Waals surface area (Å²) in [4.78, 5) is 48.5. The molecule has 0 unspecified atom stereocenters. The van der Waals surface area contributed by atoms with Crippen LogP contribution in [0.3, 0.4) is 0 Å². The number of ketones is 1. The first-order valence-corrected chi connectivity index (χ1v) is 18.1. The van der Waals surface area contributed by atoms with Gasteiger partial charge in [0, 0.05) is 29.1 Å². The molecule has 9 nitrogen and oxygen atoms in total. The van der Waals surface area contributed by atoms with Gasteiger partial charge in [0.2, 0.25) is 14.2 Å². The number of aromatic nitrogens is 1. The summed E-state index contributed by atoms with van der Waals surface area (Å²) >= 11 is 5.38. The van der Waals surface area contributed by atoms with Gasteiger partial charge in [-0.15, -0.1) is 0 Å². The summed E-state index contributed by atoms with van der Waals surface area (Å²) in [5, 5.41) is 10.0. The Bertz CT molecular complexity index is 1620. The first-order chi connectivity index (χ1) is 21.9. The Hall–Kier alpha value is -3.61. The molecule has 2 aromatic carbocycles. The van der Waals surface area contributed by atoms with Crippen LogP contribution in [0.1, 0.15) is 81.2 Å². The molecule has 2 atom stereocenters. The van der Waals surface area contributed by atoms with Crippen molar-refractivity contribution in [1.29, 1.82) is 0 Å². The Morgan fingerprint density at radius 2 is 1.66 bits per heavy atom. The highest BCUT2D eigenvalue weighted by molar-refractivity contribution is 6.77. The number of nitrogens with zero attached hydrogens (tertiary/aromatic N) is 2. The number of halogens is 3. The van der Waals surface area contributed by atoms with Crippen LogP contribution in [-0.2, 0) is 27.2 Å². The summed E-state index contributed by atoms with van der Waals surface area (Å²) in [5.74, 6) is -3.40. The van der Waals surface area contributed by atoms with Gasteiger partial charge in [-0.3, -0.25) is 14.4 Å². The second-order valence-electron chi connectivity index (χ2n) is 12.9. The Balaban J connectivity index is 0.000000461. The maximum atomic E-state index is 13.9. The third kappa shape index (κ3) is 8.28. The second kappa shape index (κ2) is 15.5. The van der Waals surface area contributed by atoms with E-state index in [4.69, 9.17) is 21.8 Å². The minimum absolute atomic E-state index is 0.0960. The lowest BCUT2D eigenvalue weighted by molar-refractivity contribution is -0.148. The zero-order valence-corrected chi connectivity index (χ0v) is 29.6. The van der Waals surface area contributed by atoms with Crippen LogP contribution >= 0.6 is 11.6 Å². The molecule has 1 aliphatic rings. The van der Waals surface area contributed by atoms with E-state index >= 15 is 0 Å². The van der Waals surface area contributed by atoms with Crippen molar-refractivity contribution in [3.63, 3.8) is 0 Å². The van der Waals surface area contributed by atoms with Gasteiger partial charge in [-0.2, -0.15) is 0 Å². The molecule has 47 heavy (non-hydrogen) atoms. The summed E-state index contributed by atoms with van der Waals surface area (Å²) < 4.78 is 35.2. The van der Waals surface area contributed by atoms with Gasteiger partial charge in [-0.1, -0.05) is 71.3 Å². The van der Waals surface area contributed by atoms with Gasteiger partial charge in [0.25, 0.3) is 5.91 Å². The molecule has 3 aromatic rings. The first kappa shape index (κ1) is 37.8. The van der Waals surface area contributed by atoms with Gasteiger partial charge >= 0.3 is 5.97 Å². The smallest absolute Gasteiger partial charge is 0.326 e. The SMILES string of the molecule is CC(=O)c1cn(CC(=O)N2C[C@H](F)C[C@H]2C(=O)O)c2cc(CO[Si](C(C)C)(C(C)C)C(C)C)ccc12.NC(=O)c1cccc(Cl)c1F. The lowest BCUT2D eigenvalue weighted by atomic mass is 10.1. The van der Waals surface area contributed by atoms with Gasteiger partial charge in [0.15, 0.2) is 11.6 Å². The topological polar surface area (TPSA) is 132 Å². The number of rotatable bonds is 11. The third-order valence-electron chi connectivity index (χ3n) is 8.90. The highest BCUT2D eigenvalue weighted by Crippen LogP contribution is 2.43. The fraction of sp³-hybridized carbons (Fsp3) is 0.471. The largest absolute Gasteiger partial charge is 0.480 e. The number of carboxylic acid groups (broad SMARTS) is 1. The van der Waals surface area contributed by atoms with Gasteiger partial charge in [0.1, 0.15) is 18.8 Å². The van der Waals surface area contributed by atoms with Crippen molar-refractivity contribution in [2.24, 2.45) is 5.73 Å². The van der Waals surface area contributed by atoms with Crippen molar-refractivity contribution >= 4 is 54.4 Å². The predicted octanol–water partition coefficient (Wildman–Crippen LogP) is 7.14. The number of hydrogen-bond acceptors (Lipinski definition) is 5. The monoisotopic (exact) mass is 691 g/mol. The molecule has 1 saturated heterocycles. The normalized spacial score (nSPS) is 16.6. The molecule has 4 rings (SSSR count). The minimum atomic E-state index is -2.09. The van der Waals surface area contributed by atoms with Crippen molar-refractivity contribution in [2.45, 2.75) is 96.9 Å². The summed E-state index contributed by atoms with van der Waals surface area (Å²) in [6.07, 6.45) is 0.0604. The number of carbonyl (C=O) groups is 4. The van der Waals surface area contributed by atoms with Crippen LogP contribution in [-0.4, -0.2) is 65.2 Å². The molecule has 0 aliphatic carbocycles. The number of carboxylic acids is 1. The Kier molecular flexibility index (Phi) is 12.5. The number of fused-ring (bicyclic) bond motifs is 1. The highest BCUT2D eigenvalue weighted by Gasteiger charge is 2.45. The molecule has 0 saturated carbocycles. The quantitative estimate of drug-likeness (QED) is 0.162. The molecule has 0 bridgehead atoms. The highest BCUT2D eigenvalue weighted by atomic mass is 35.5. The van der Waals surface area contributed by atoms with E-state index in [2.05, 4.69) is 41.5 Å². The first-order valence-electron chi connectivity index (χ1n) is 15.6. The lowest BCUT2D eigenvalue weighted by Crippen LogP contribution is -2.47. The van der Waals surface area contributed by atoms with E-state index in [1.807, 2.05) is 18.2 Å². The Morgan fingerprint density at radius 1 is 1.04 bits per heavy atom. The van der Waals surface area contributed by atoms with E-state index in [1.165, 1.54) is 25.1 Å². The molecule has 2 amide bonds. The Morgan fingerprint density at radius 3 is 2.17 bits per heavy atom. The Labute approximate surface area is 280 Å². The predicted molar refractivity (Wildman–Crippen MR) is 180 cm³/mol.